The second-order valence-corrected chi connectivity index (χ2v) is 6.45. The maximum Gasteiger partial charge on any atom is 0.191 e. The van der Waals surface area contributed by atoms with Crippen molar-refractivity contribution in [3.63, 3.8) is 0 Å². The highest BCUT2D eigenvalue weighted by Gasteiger charge is 2.22. The van der Waals surface area contributed by atoms with Gasteiger partial charge in [-0.15, -0.1) is 24.0 Å². The van der Waals surface area contributed by atoms with Gasteiger partial charge in [0.15, 0.2) is 11.8 Å². The van der Waals surface area contributed by atoms with E-state index in [0.717, 1.165) is 24.2 Å². The molecule has 1 aliphatic heterocycles. The molecule has 0 aliphatic carbocycles. The fraction of sp³-hybridized carbons (Fsp3) is 0.500. The first-order valence-electron chi connectivity index (χ1n) is 8.89. The Hall–Kier alpha value is -1.79. The molecule has 3 rings (SSSR count). The zero-order valence-electron chi connectivity index (χ0n) is 16.0. The number of fused-ring (bicyclic) bond motifs is 1. The number of hydrogen-bond acceptors (Lipinski definition) is 5. The summed E-state index contributed by atoms with van der Waals surface area (Å²) in [7, 11) is 3.34. The normalized spacial score (nSPS) is 16.3. The minimum atomic E-state index is -0.401. The number of ether oxygens (including phenoxy) is 1. The fourth-order valence-electron chi connectivity index (χ4n) is 3.10. The third-order valence-corrected chi connectivity index (χ3v) is 4.48. The Kier molecular flexibility index (Phi) is 8.58. The second kappa shape index (κ2) is 10.7. The van der Waals surface area contributed by atoms with Crippen molar-refractivity contribution in [3.05, 3.63) is 46.8 Å². The Bertz CT molecular complexity index is 813. The molecule has 10 heteroatoms. The molecule has 1 atom stereocenters. The number of aryl methyl sites for hydroxylation is 1. The quantitative estimate of drug-likeness (QED) is 0.313. The lowest BCUT2D eigenvalue weighted by atomic mass is 10.1. The fourth-order valence-corrected chi connectivity index (χ4v) is 3.10. The summed E-state index contributed by atoms with van der Waals surface area (Å²) in [4.78, 5) is 8.73. The van der Waals surface area contributed by atoms with Crippen molar-refractivity contribution in [1.82, 2.24) is 25.4 Å². The Labute approximate surface area is 180 Å². The zero-order valence-corrected chi connectivity index (χ0v) is 18.3. The zero-order chi connectivity index (χ0) is 19.2. The van der Waals surface area contributed by atoms with Crippen LogP contribution in [0.3, 0.4) is 0 Å². The Morgan fingerprint density at radius 3 is 3.00 bits per heavy atom. The number of aliphatic hydroxyl groups excluding tert-OH is 1. The Morgan fingerprint density at radius 2 is 2.29 bits per heavy atom. The van der Waals surface area contributed by atoms with E-state index in [2.05, 4.69) is 25.7 Å². The van der Waals surface area contributed by atoms with Crippen LogP contribution in [-0.4, -0.2) is 46.0 Å². The number of hydrogen-bond donors (Lipinski definition) is 3. The molecule has 1 aromatic carbocycles. The van der Waals surface area contributed by atoms with Crippen molar-refractivity contribution in [2.24, 2.45) is 4.99 Å². The molecule has 1 aliphatic rings. The van der Waals surface area contributed by atoms with Crippen LogP contribution in [0.15, 0.2) is 23.2 Å². The molecule has 8 nitrogen and oxygen atoms in total. The molecule has 0 saturated heterocycles. The van der Waals surface area contributed by atoms with E-state index < -0.39 is 5.82 Å². The van der Waals surface area contributed by atoms with E-state index in [1.165, 1.54) is 6.07 Å². The molecule has 0 bridgehead atoms. The maximum absolute atomic E-state index is 13.5. The summed E-state index contributed by atoms with van der Waals surface area (Å²) < 4.78 is 20.5. The van der Waals surface area contributed by atoms with E-state index in [1.54, 1.807) is 26.3 Å². The van der Waals surface area contributed by atoms with Gasteiger partial charge in [-0.3, -0.25) is 4.99 Å². The molecule has 154 valence electrons. The summed E-state index contributed by atoms with van der Waals surface area (Å²) in [6.45, 7) is 1.28. The number of benzene rings is 1. The van der Waals surface area contributed by atoms with Gasteiger partial charge in [-0.25, -0.2) is 14.1 Å². The number of guanidine groups is 1. The van der Waals surface area contributed by atoms with Crippen molar-refractivity contribution >= 4 is 29.9 Å². The molecule has 2 aromatic rings. The van der Waals surface area contributed by atoms with Gasteiger partial charge in [-0.1, -0.05) is 6.07 Å². The highest BCUT2D eigenvalue weighted by molar-refractivity contribution is 14.0. The first-order valence-corrected chi connectivity index (χ1v) is 8.89. The van der Waals surface area contributed by atoms with Crippen LogP contribution in [0.1, 0.15) is 29.2 Å². The predicted octanol–water partition coefficient (Wildman–Crippen LogP) is 1.35. The van der Waals surface area contributed by atoms with E-state index in [0.29, 0.717) is 31.5 Å². The van der Waals surface area contributed by atoms with Crippen molar-refractivity contribution in [3.8, 4) is 0 Å². The van der Waals surface area contributed by atoms with E-state index in [1.807, 2.05) is 4.68 Å². The van der Waals surface area contributed by atoms with Crippen LogP contribution in [-0.2, 0) is 37.5 Å². The van der Waals surface area contributed by atoms with Crippen LogP contribution in [0, 0.1) is 5.82 Å². The molecule has 3 N–H and O–H groups in total. The van der Waals surface area contributed by atoms with Gasteiger partial charge in [0.1, 0.15) is 18.2 Å². The summed E-state index contributed by atoms with van der Waals surface area (Å²) in [5.41, 5.74) is 1.16. The lowest BCUT2D eigenvalue weighted by Gasteiger charge is -2.25. The van der Waals surface area contributed by atoms with E-state index in [9.17, 15) is 9.50 Å². The van der Waals surface area contributed by atoms with Crippen molar-refractivity contribution in [2.75, 3.05) is 14.2 Å². The Morgan fingerprint density at radius 1 is 1.46 bits per heavy atom. The smallest absolute Gasteiger partial charge is 0.191 e. The van der Waals surface area contributed by atoms with Gasteiger partial charge in [-0.05, 0) is 24.1 Å². The number of nitrogens with zero attached hydrogens (tertiary/aromatic N) is 4. The average Bonchev–Trinajstić information content (AvgIpc) is 3.08. The lowest BCUT2D eigenvalue weighted by molar-refractivity contribution is 0.177. The number of halogens is 2. The minimum absolute atomic E-state index is 0. The monoisotopic (exact) mass is 504 g/mol. The molecule has 28 heavy (non-hydrogen) atoms. The first kappa shape index (κ1) is 22.5. The standard InChI is InChI=1S/C18H25FN6O2.HI/c1-20-18(21-8-12-3-5-15(19)13(7-12)10-26)22-14-4-6-17-23-16(11-27-2)24-25(17)9-14;/h3,5,7,14,26H,4,6,8-11H2,1-2H3,(H2,20,21,22);1H. The molecule has 1 aromatic heterocycles. The molecular formula is C18H26FIN6O2. The number of aromatic nitrogens is 3. The summed E-state index contributed by atoms with van der Waals surface area (Å²) >= 11 is 0. The first-order chi connectivity index (χ1) is 13.1. The molecular weight excluding hydrogens is 478 g/mol. The van der Waals surface area contributed by atoms with Crippen LogP contribution < -0.4 is 10.6 Å². The van der Waals surface area contributed by atoms with Crippen molar-refractivity contribution in [1.29, 1.82) is 0 Å². The lowest BCUT2D eigenvalue weighted by Crippen LogP contribution is -2.46. The van der Waals surface area contributed by atoms with Crippen LogP contribution in [0.2, 0.25) is 0 Å². The van der Waals surface area contributed by atoms with Gasteiger partial charge in [0.2, 0.25) is 0 Å². The third-order valence-electron chi connectivity index (χ3n) is 4.48. The molecule has 1 unspecified atom stereocenters. The van der Waals surface area contributed by atoms with E-state index in [4.69, 9.17) is 4.74 Å². The molecule has 0 radical (unpaired) electrons. The SMILES string of the molecule is CN=C(NCc1ccc(F)c(CO)c1)NC1CCc2nc(COC)nn2C1.I. The number of aliphatic hydroxyl groups is 1. The summed E-state index contributed by atoms with van der Waals surface area (Å²) in [5, 5.41) is 20.3. The van der Waals surface area contributed by atoms with Gasteiger partial charge in [0.05, 0.1) is 13.2 Å². The van der Waals surface area contributed by atoms with Gasteiger partial charge in [-0.2, -0.15) is 5.10 Å². The van der Waals surface area contributed by atoms with Gasteiger partial charge < -0.3 is 20.5 Å². The summed E-state index contributed by atoms with van der Waals surface area (Å²) in [5.74, 6) is 1.94. The predicted molar refractivity (Wildman–Crippen MR) is 114 cm³/mol. The topological polar surface area (TPSA) is 96.6 Å². The van der Waals surface area contributed by atoms with Crippen LogP contribution in [0.25, 0.3) is 0 Å². The number of methoxy groups -OCH3 is 1. The van der Waals surface area contributed by atoms with Gasteiger partial charge >= 0.3 is 0 Å². The van der Waals surface area contributed by atoms with E-state index >= 15 is 0 Å². The molecule has 2 heterocycles. The third kappa shape index (κ3) is 5.61. The highest BCUT2D eigenvalue weighted by Crippen LogP contribution is 2.14. The number of nitrogens with one attached hydrogen (secondary N) is 2. The summed E-state index contributed by atoms with van der Waals surface area (Å²) in [6, 6.07) is 4.88. The van der Waals surface area contributed by atoms with Crippen LogP contribution in [0.4, 0.5) is 4.39 Å². The minimum Gasteiger partial charge on any atom is -0.392 e. The Balaban J connectivity index is 0.00000280. The molecule has 0 spiro atoms. The largest absolute Gasteiger partial charge is 0.392 e. The summed E-state index contributed by atoms with van der Waals surface area (Å²) in [6.07, 6.45) is 1.76. The van der Waals surface area contributed by atoms with Gasteiger partial charge in [0.25, 0.3) is 0 Å². The highest BCUT2D eigenvalue weighted by atomic mass is 127. The van der Waals surface area contributed by atoms with Crippen LogP contribution >= 0.6 is 24.0 Å². The van der Waals surface area contributed by atoms with Crippen molar-refractivity contribution in [2.45, 2.75) is 45.2 Å². The molecule has 0 saturated carbocycles. The number of aliphatic imine (C=N–C) groups is 1. The molecule has 0 amide bonds. The number of rotatable bonds is 6. The van der Waals surface area contributed by atoms with Crippen molar-refractivity contribution < 1.29 is 14.2 Å². The maximum atomic E-state index is 13.5. The van der Waals surface area contributed by atoms with E-state index in [-0.39, 0.29) is 42.2 Å². The van der Waals surface area contributed by atoms with Crippen LogP contribution in [0.5, 0.6) is 0 Å². The second-order valence-electron chi connectivity index (χ2n) is 6.45. The molecule has 0 fully saturated rings. The van der Waals surface area contributed by atoms with Gasteiger partial charge in [0, 0.05) is 38.7 Å². The average molecular weight is 504 g/mol.